The number of anilines is 1. The maximum absolute atomic E-state index is 12.7. The van der Waals surface area contributed by atoms with Crippen molar-refractivity contribution < 1.29 is 13.9 Å². The summed E-state index contributed by atoms with van der Waals surface area (Å²) in [6.07, 6.45) is 0. The van der Waals surface area contributed by atoms with Crippen molar-refractivity contribution in [2.24, 2.45) is 0 Å². The number of nitrogens with one attached hydrogen (secondary N) is 2. The number of methoxy groups -OCH3 is 2. The SMILES string of the molecule is COc1cc(CNc2nc(C3CN(Cc4ccccc4)CC3c3ccc(C)o3)cc(=O)[nH]2)cc(OC)c1. The van der Waals surface area contributed by atoms with Crippen molar-refractivity contribution in [3.05, 3.63) is 105 Å². The predicted octanol–water partition coefficient (Wildman–Crippen LogP) is 4.68. The minimum absolute atomic E-state index is 0.0222. The number of aromatic nitrogens is 2. The molecule has 2 atom stereocenters. The Balaban J connectivity index is 1.39. The van der Waals surface area contributed by atoms with Crippen molar-refractivity contribution in [1.82, 2.24) is 14.9 Å². The standard InChI is InChI=1S/C29H32N4O4/c1-19-9-10-27(37-19)25-18-33(16-20-7-5-4-6-8-20)17-24(25)26-14-28(34)32-29(31-26)30-15-21-11-22(35-2)13-23(12-21)36-3/h4-14,24-25H,15-18H2,1-3H3,(H2,30,31,32,34). The van der Waals surface area contributed by atoms with Crippen LogP contribution in [0.25, 0.3) is 0 Å². The molecule has 2 aromatic heterocycles. The normalized spacial score (nSPS) is 17.6. The number of furan rings is 1. The summed E-state index contributed by atoms with van der Waals surface area (Å²) in [4.78, 5) is 22.8. The van der Waals surface area contributed by atoms with Crippen molar-refractivity contribution in [3.8, 4) is 11.5 Å². The van der Waals surface area contributed by atoms with Crippen molar-refractivity contribution in [1.29, 1.82) is 0 Å². The van der Waals surface area contributed by atoms with Crippen LogP contribution in [0.1, 0.15) is 40.2 Å². The van der Waals surface area contributed by atoms with Gasteiger partial charge in [0.05, 0.1) is 19.9 Å². The van der Waals surface area contributed by atoms with Gasteiger partial charge < -0.3 is 19.2 Å². The fourth-order valence-corrected chi connectivity index (χ4v) is 5.00. The average Bonchev–Trinajstić information content (AvgIpc) is 3.53. The molecule has 3 heterocycles. The van der Waals surface area contributed by atoms with Crippen LogP contribution in [0.2, 0.25) is 0 Å². The molecule has 37 heavy (non-hydrogen) atoms. The Hall–Kier alpha value is -4.04. The van der Waals surface area contributed by atoms with E-state index in [4.69, 9.17) is 18.9 Å². The fraction of sp³-hybridized carbons (Fsp3) is 0.310. The van der Waals surface area contributed by atoms with E-state index in [-0.39, 0.29) is 17.4 Å². The lowest BCUT2D eigenvalue weighted by Gasteiger charge is -2.17. The van der Waals surface area contributed by atoms with E-state index in [1.165, 1.54) is 5.56 Å². The van der Waals surface area contributed by atoms with Gasteiger partial charge in [0.1, 0.15) is 23.0 Å². The smallest absolute Gasteiger partial charge is 0.252 e. The summed E-state index contributed by atoms with van der Waals surface area (Å²) in [5.74, 6) is 3.76. The Morgan fingerprint density at radius 1 is 0.973 bits per heavy atom. The molecule has 0 spiro atoms. The van der Waals surface area contributed by atoms with E-state index in [0.29, 0.717) is 24.0 Å². The molecular formula is C29H32N4O4. The highest BCUT2D eigenvalue weighted by molar-refractivity contribution is 5.40. The molecule has 5 rings (SSSR count). The highest BCUT2D eigenvalue weighted by atomic mass is 16.5. The van der Waals surface area contributed by atoms with Crippen LogP contribution in [-0.2, 0) is 13.1 Å². The molecule has 1 fully saturated rings. The Morgan fingerprint density at radius 3 is 2.38 bits per heavy atom. The summed E-state index contributed by atoms with van der Waals surface area (Å²) in [5, 5.41) is 3.26. The molecule has 1 aliphatic heterocycles. The van der Waals surface area contributed by atoms with Gasteiger partial charge in [-0.3, -0.25) is 14.7 Å². The number of H-pyrrole nitrogens is 1. The van der Waals surface area contributed by atoms with Gasteiger partial charge in [-0.15, -0.1) is 0 Å². The molecule has 192 valence electrons. The fourth-order valence-electron chi connectivity index (χ4n) is 5.00. The third-order valence-corrected chi connectivity index (χ3v) is 6.78. The highest BCUT2D eigenvalue weighted by Gasteiger charge is 2.38. The van der Waals surface area contributed by atoms with Gasteiger partial charge in [0.25, 0.3) is 5.56 Å². The number of aryl methyl sites for hydroxylation is 1. The molecule has 4 aromatic rings. The summed E-state index contributed by atoms with van der Waals surface area (Å²) in [6, 6.07) is 21.7. The van der Waals surface area contributed by atoms with Crippen LogP contribution in [0, 0.1) is 6.92 Å². The topological polar surface area (TPSA) is 92.6 Å². The van der Waals surface area contributed by atoms with E-state index in [1.54, 1.807) is 20.3 Å². The van der Waals surface area contributed by atoms with Crippen molar-refractivity contribution in [3.63, 3.8) is 0 Å². The summed E-state index contributed by atoms with van der Waals surface area (Å²) in [5.41, 5.74) is 2.77. The minimum Gasteiger partial charge on any atom is -0.497 e. The molecule has 8 heteroatoms. The first kappa shape index (κ1) is 24.6. The highest BCUT2D eigenvalue weighted by Crippen LogP contribution is 2.40. The average molecular weight is 501 g/mol. The van der Waals surface area contributed by atoms with E-state index in [0.717, 1.165) is 42.4 Å². The number of likely N-dealkylation sites (tertiary alicyclic amines) is 1. The zero-order valence-electron chi connectivity index (χ0n) is 21.4. The number of hydrogen-bond donors (Lipinski definition) is 2. The van der Waals surface area contributed by atoms with Crippen molar-refractivity contribution in [2.75, 3.05) is 32.6 Å². The van der Waals surface area contributed by atoms with Gasteiger partial charge in [0, 0.05) is 50.1 Å². The van der Waals surface area contributed by atoms with Crippen LogP contribution in [0.3, 0.4) is 0 Å². The van der Waals surface area contributed by atoms with E-state index in [1.807, 2.05) is 43.3 Å². The molecule has 2 N–H and O–H groups in total. The summed E-state index contributed by atoms with van der Waals surface area (Å²) >= 11 is 0. The lowest BCUT2D eigenvalue weighted by molar-refractivity contribution is 0.319. The second-order valence-electron chi connectivity index (χ2n) is 9.43. The first-order valence-electron chi connectivity index (χ1n) is 12.4. The van der Waals surface area contributed by atoms with Gasteiger partial charge in [0.15, 0.2) is 0 Å². The molecule has 0 amide bonds. The largest absolute Gasteiger partial charge is 0.497 e. The summed E-state index contributed by atoms with van der Waals surface area (Å²) < 4.78 is 16.8. The summed E-state index contributed by atoms with van der Waals surface area (Å²) in [6.45, 7) is 4.84. The Morgan fingerprint density at radius 2 is 1.70 bits per heavy atom. The van der Waals surface area contributed by atoms with Gasteiger partial charge in [-0.05, 0) is 42.3 Å². The molecule has 2 aromatic carbocycles. The second kappa shape index (κ2) is 10.9. The Bertz CT molecular complexity index is 1380. The number of rotatable bonds is 9. The quantitative estimate of drug-likeness (QED) is 0.345. The van der Waals surface area contributed by atoms with Gasteiger partial charge in [-0.1, -0.05) is 30.3 Å². The summed E-state index contributed by atoms with van der Waals surface area (Å²) in [7, 11) is 3.24. The molecule has 1 saturated heterocycles. The maximum atomic E-state index is 12.7. The van der Waals surface area contributed by atoms with E-state index < -0.39 is 0 Å². The monoisotopic (exact) mass is 500 g/mol. The molecule has 0 bridgehead atoms. The van der Waals surface area contributed by atoms with Crippen molar-refractivity contribution >= 4 is 5.95 Å². The zero-order chi connectivity index (χ0) is 25.8. The van der Waals surface area contributed by atoms with Gasteiger partial charge in [0.2, 0.25) is 5.95 Å². The molecule has 0 saturated carbocycles. The number of ether oxygens (including phenoxy) is 2. The molecular weight excluding hydrogens is 468 g/mol. The first-order valence-corrected chi connectivity index (χ1v) is 12.4. The second-order valence-corrected chi connectivity index (χ2v) is 9.43. The van der Waals surface area contributed by atoms with Crippen LogP contribution in [0.5, 0.6) is 11.5 Å². The van der Waals surface area contributed by atoms with Crippen LogP contribution < -0.4 is 20.3 Å². The van der Waals surface area contributed by atoms with E-state index in [9.17, 15) is 4.79 Å². The Labute approximate surface area is 216 Å². The third-order valence-electron chi connectivity index (χ3n) is 6.78. The Kier molecular flexibility index (Phi) is 7.28. The third kappa shape index (κ3) is 5.86. The van der Waals surface area contributed by atoms with Crippen LogP contribution >= 0.6 is 0 Å². The van der Waals surface area contributed by atoms with Crippen LogP contribution in [0.15, 0.2) is 75.9 Å². The van der Waals surface area contributed by atoms with Crippen LogP contribution in [0.4, 0.5) is 5.95 Å². The van der Waals surface area contributed by atoms with Gasteiger partial charge in [-0.2, -0.15) is 0 Å². The van der Waals surface area contributed by atoms with Gasteiger partial charge >= 0.3 is 0 Å². The molecule has 2 unspecified atom stereocenters. The number of aromatic amines is 1. The van der Waals surface area contributed by atoms with E-state index >= 15 is 0 Å². The molecule has 0 radical (unpaired) electrons. The maximum Gasteiger partial charge on any atom is 0.252 e. The number of nitrogens with zero attached hydrogens (tertiary/aromatic N) is 2. The lowest BCUT2D eigenvalue weighted by atomic mass is 9.90. The van der Waals surface area contributed by atoms with E-state index in [2.05, 4.69) is 39.5 Å². The minimum atomic E-state index is -0.188. The first-order chi connectivity index (χ1) is 18.0. The predicted molar refractivity (Wildman–Crippen MR) is 142 cm³/mol. The van der Waals surface area contributed by atoms with Crippen molar-refractivity contribution in [2.45, 2.75) is 31.8 Å². The van der Waals surface area contributed by atoms with Gasteiger partial charge in [-0.25, -0.2) is 4.98 Å². The molecule has 1 aliphatic rings. The number of benzene rings is 2. The number of hydrogen-bond acceptors (Lipinski definition) is 7. The molecule has 8 nitrogen and oxygen atoms in total. The zero-order valence-corrected chi connectivity index (χ0v) is 21.4. The lowest BCUT2D eigenvalue weighted by Crippen LogP contribution is -2.21. The molecule has 0 aliphatic carbocycles. The van der Waals surface area contributed by atoms with Crippen LogP contribution in [-0.4, -0.2) is 42.2 Å².